The fourth-order valence-corrected chi connectivity index (χ4v) is 7.55. The second-order valence-corrected chi connectivity index (χ2v) is 12.5. The van der Waals surface area contributed by atoms with Gasteiger partial charge in [0.2, 0.25) is 0 Å². The molecule has 7 aromatic carbocycles. The first kappa shape index (κ1) is 27.3. The lowest BCUT2D eigenvalue weighted by molar-refractivity contribution is 0.360. The van der Waals surface area contributed by atoms with Gasteiger partial charge in [-0.15, -0.1) is 11.3 Å². The zero-order valence-corrected chi connectivity index (χ0v) is 26.1. The normalized spacial score (nSPS) is 11.7. The zero-order valence-electron chi connectivity index (χ0n) is 25.3. The molecule has 0 N–H and O–H groups in total. The highest BCUT2D eigenvalue weighted by molar-refractivity contribution is 7.26. The van der Waals surface area contributed by atoms with E-state index in [1.165, 1.54) is 20.2 Å². The van der Waals surface area contributed by atoms with Gasteiger partial charge < -0.3 is 19.3 Å². The summed E-state index contributed by atoms with van der Waals surface area (Å²) < 4.78 is 15.1. The Balaban J connectivity index is 1.30. The molecule has 9 rings (SSSR count). The Morgan fingerprint density at radius 2 is 0.894 bits per heavy atom. The van der Waals surface area contributed by atoms with Crippen LogP contribution in [-0.2, 0) is 0 Å². The van der Waals surface area contributed by atoms with Gasteiger partial charge in [0.1, 0.15) is 0 Å². The minimum atomic E-state index is 0.681. The molecular weight excluding hydrogens is 597 g/mol. The molecule has 1 aliphatic rings. The number of ether oxygens (including phenoxy) is 2. The molecule has 1 aromatic heterocycles. The van der Waals surface area contributed by atoms with Gasteiger partial charge in [-0.05, 0) is 78.9 Å². The molecule has 0 radical (unpaired) electrons. The van der Waals surface area contributed by atoms with E-state index in [9.17, 15) is 0 Å². The van der Waals surface area contributed by atoms with E-state index in [1.54, 1.807) is 0 Å². The molecule has 0 spiro atoms. The van der Waals surface area contributed by atoms with E-state index in [4.69, 9.17) is 9.47 Å². The van der Waals surface area contributed by atoms with Gasteiger partial charge in [-0.3, -0.25) is 0 Å². The van der Waals surface area contributed by atoms with Crippen LogP contribution in [0, 0.1) is 0 Å². The van der Waals surface area contributed by atoms with Gasteiger partial charge in [0.25, 0.3) is 0 Å². The van der Waals surface area contributed by atoms with Gasteiger partial charge in [0.05, 0.1) is 11.4 Å². The van der Waals surface area contributed by atoms with Gasteiger partial charge in [-0.25, -0.2) is 0 Å². The van der Waals surface area contributed by atoms with Crippen LogP contribution >= 0.6 is 11.3 Å². The highest BCUT2D eigenvalue weighted by atomic mass is 32.1. The molecular formula is C42H28N2O2S. The molecule has 4 nitrogen and oxygen atoms in total. The summed E-state index contributed by atoms with van der Waals surface area (Å²) in [6.07, 6.45) is 0. The van der Waals surface area contributed by atoms with E-state index in [0.29, 0.717) is 17.2 Å². The monoisotopic (exact) mass is 624 g/mol. The Labute approximate surface area is 276 Å². The third-order valence-electron chi connectivity index (χ3n) is 8.46. The fourth-order valence-electron chi connectivity index (χ4n) is 6.39. The van der Waals surface area contributed by atoms with Crippen molar-refractivity contribution in [3.8, 4) is 23.0 Å². The third-order valence-corrected chi connectivity index (χ3v) is 9.58. The van der Waals surface area contributed by atoms with Gasteiger partial charge in [0.15, 0.2) is 23.0 Å². The predicted octanol–water partition coefficient (Wildman–Crippen LogP) is 12.9. The molecule has 0 saturated carbocycles. The van der Waals surface area contributed by atoms with Crippen LogP contribution in [0.25, 0.3) is 20.2 Å². The van der Waals surface area contributed by atoms with Crippen LogP contribution in [-0.4, -0.2) is 0 Å². The summed E-state index contributed by atoms with van der Waals surface area (Å²) in [6, 6.07) is 59.0. The molecule has 8 aromatic rings. The SMILES string of the molecule is c1ccc(N(c2ccc3c(c2)Oc2ccccc2O3)c2cc(N(c3ccccc3)c3ccccc3)c3c(c2)sc2ccccc23)cc1. The van der Waals surface area contributed by atoms with E-state index < -0.39 is 0 Å². The molecule has 0 amide bonds. The molecule has 0 atom stereocenters. The third kappa shape index (κ3) is 4.85. The predicted molar refractivity (Wildman–Crippen MR) is 195 cm³/mol. The molecule has 0 saturated heterocycles. The molecule has 1 aliphatic heterocycles. The van der Waals surface area contributed by atoms with Crippen LogP contribution in [0.2, 0.25) is 0 Å². The second-order valence-electron chi connectivity index (χ2n) is 11.4. The summed E-state index contributed by atoms with van der Waals surface area (Å²) in [5.41, 5.74) is 6.35. The van der Waals surface area contributed by atoms with Crippen molar-refractivity contribution in [1.82, 2.24) is 0 Å². The van der Waals surface area contributed by atoms with E-state index in [2.05, 4.69) is 149 Å². The molecule has 0 fully saturated rings. The number of benzene rings is 7. The minimum Gasteiger partial charge on any atom is -0.450 e. The lowest BCUT2D eigenvalue weighted by Crippen LogP contribution is -2.13. The maximum absolute atomic E-state index is 6.37. The van der Waals surface area contributed by atoms with Gasteiger partial charge in [-0.2, -0.15) is 0 Å². The number of rotatable bonds is 6. The number of para-hydroxylation sites is 5. The summed E-state index contributed by atoms with van der Waals surface area (Å²) in [7, 11) is 0. The van der Waals surface area contributed by atoms with E-state index >= 15 is 0 Å². The Hall–Kier alpha value is -6.04. The largest absolute Gasteiger partial charge is 0.450 e. The summed E-state index contributed by atoms with van der Waals surface area (Å²) in [5, 5.41) is 2.48. The van der Waals surface area contributed by atoms with Crippen molar-refractivity contribution < 1.29 is 9.47 Å². The van der Waals surface area contributed by atoms with Crippen molar-refractivity contribution in [1.29, 1.82) is 0 Å². The molecule has 224 valence electrons. The van der Waals surface area contributed by atoms with Crippen molar-refractivity contribution in [2.75, 3.05) is 9.80 Å². The topological polar surface area (TPSA) is 24.9 Å². The summed E-state index contributed by atoms with van der Waals surface area (Å²) in [6.45, 7) is 0. The Kier molecular flexibility index (Phi) is 6.61. The standard InChI is InChI=1S/C42H28N2O2S/c1-4-14-29(15-5-1)43(32-24-25-38-39(27-32)46-37-22-12-11-21-36(37)45-38)33-26-35(42-34-20-10-13-23-40(34)47-41(42)28-33)44(30-16-6-2-7-17-30)31-18-8-3-9-19-31/h1-28H. The van der Waals surface area contributed by atoms with Crippen molar-refractivity contribution in [2.45, 2.75) is 0 Å². The number of anilines is 6. The van der Waals surface area contributed by atoms with Gasteiger partial charge in [0, 0.05) is 49.0 Å². The Morgan fingerprint density at radius 1 is 0.362 bits per heavy atom. The fraction of sp³-hybridized carbons (Fsp3) is 0. The number of fused-ring (bicyclic) bond motifs is 5. The second kappa shape index (κ2) is 11.4. The first-order valence-electron chi connectivity index (χ1n) is 15.6. The number of thiophene rings is 1. The minimum absolute atomic E-state index is 0.681. The van der Waals surface area contributed by atoms with Crippen LogP contribution < -0.4 is 19.3 Å². The van der Waals surface area contributed by atoms with Crippen LogP contribution in [0.3, 0.4) is 0 Å². The van der Waals surface area contributed by atoms with Gasteiger partial charge in [-0.1, -0.05) is 84.9 Å². The Morgan fingerprint density at radius 3 is 1.55 bits per heavy atom. The van der Waals surface area contributed by atoms with E-state index in [-0.39, 0.29) is 0 Å². The quantitative estimate of drug-likeness (QED) is 0.184. The molecule has 0 aliphatic carbocycles. The molecule has 0 unspecified atom stereocenters. The zero-order chi connectivity index (χ0) is 31.2. The summed E-state index contributed by atoms with van der Waals surface area (Å²) in [4.78, 5) is 4.67. The van der Waals surface area contributed by atoms with Crippen molar-refractivity contribution in [3.63, 3.8) is 0 Å². The Bertz CT molecular complexity index is 2330. The van der Waals surface area contributed by atoms with Crippen LogP contribution in [0.1, 0.15) is 0 Å². The van der Waals surface area contributed by atoms with Crippen LogP contribution in [0.4, 0.5) is 34.1 Å². The maximum Gasteiger partial charge on any atom is 0.172 e. The molecule has 0 bridgehead atoms. The molecule has 47 heavy (non-hydrogen) atoms. The number of hydrogen-bond acceptors (Lipinski definition) is 5. The molecule has 2 heterocycles. The van der Waals surface area contributed by atoms with Crippen molar-refractivity contribution in [3.05, 3.63) is 170 Å². The lowest BCUT2D eigenvalue weighted by Gasteiger charge is -2.31. The lowest BCUT2D eigenvalue weighted by atomic mass is 10.1. The average molecular weight is 625 g/mol. The highest BCUT2D eigenvalue weighted by Gasteiger charge is 2.25. The van der Waals surface area contributed by atoms with E-state index in [0.717, 1.165) is 39.9 Å². The first-order chi connectivity index (χ1) is 23.3. The maximum atomic E-state index is 6.37. The van der Waals surface area contributed by atoms with Crippen molar-refractivity contribution in [2.24, 2.45) is 0 Å². The van der Waals surface area contributed by atoms with Gasteiger partial charge >= 0.3 is 0 Å². The van der Waals surface area contributed by atoms with Crippen LogP contribution in [0.15, 0.2) is 170 Å². The average Bonchev–Trinajstić information content (AvgIpc) is 3.51. The summed E-state index contributed by atoms with van der Waals surface area (Å²) >= 11 is 1.82. The summed E-state index contributed by atoms with van der Waals surface area (Å²) in [5.74, 6) is 2.80. The van der Waals surface area contributed by atoms with Crippen molar-refractivity contribution >= 4 is 65.6 Å². The molecule has 5 heteroatoms. The number of hydrogen-bond donors (Lipinski definition) is 0. The van der Waals surface area contributed by atoms with E-state index in [1.807, 2.05) is 41.7 Å². The highest BCUT2D eigenvalue weighted by Crippen LogP contribution is 2.51. The first-order valence-corrected chi connectivity index (χ1v) is 16.4. The van der Waals surface area contributed by atoms with Crippen LogP contribution in [0.5, 0.6) is 23.0 Å². The number of nitrogens with zero attached hydrogens (tertiary/aromatic N) is 2. The smallest absolute Gasteiger partial charge is 0.172 e.